The number of aromatic nitrogens is 1. The Balaban J connectivity index is 2.02. The van der Waals surface area contributed by atoms with Gasteiger partial charge in [0.1, 0.15) is 6.61 Å². The molecule has 2 aromatic rings. The molecule has 0 bridgehead atoms. The van der Waals surface area contributed by atoms with Crippen molar-refractivity contribution in [3.8, 4) is 11.5 Å². The van der Waals surface area contributed by atoms with Crippen molar-refractivity contribution in [3.63, 3.8) is 0 Å². The van der Waals surface area contributed by atoms with Crippen molar-refractivity contribution in [2.45, 2.75) is 19.5 Å². The van der Waals surface area contributed by atoms with Crippen LogP contribution in [0.15, 0.2) is 34.9 Å². The number of nitrogens with zero attached hydrogens (tertiary/aromatic N) is 1. The molecule has 0 aliphatic carbocycles. The summed E-state index contributed by atoms with van der Waals surface area (Å²) in [5, 5.41) is 6.67. The quantitative estimate of drug-likeness (QED) is 0.889. The van der Waals surface area contributed by atoms with Crippen molar-refractivity contribution >= 4 is 0 Å². The van der Waals surface area contributed by atoms with Gasteiger partial charge >= 0.3 is 6.36 Å². The van der Waals surface area contributed by atoms with Crippen LogP contribution in [0.1, 0.15) is 11.5 Å². The van der Waals surface area contributed by atoms with Crippen LogP contribution in [0.25, 0.3) is 0 Å². The predicted molar refractivity (Wildman–Crippen MR) is 66.7 cm³/mol. The lowest BCUT2D eigenvalue weighted by molar-refractivity contribution is -0.275. The van der Waals surface area contributed by atoms with Crippen molar-refractivity contribution in [3.05, 3.63) is 41.8 Å². The summed E-state index contributed by atoms with van der Waals surface area (Å²) >= 11 is 0. The minimum absolute atomic E-state index is 0.0265. The summed E-state index contributed by atoms with van der Waals surface area (Å²) in [6.45, 7) is 0.478. The van der Waals surface area contributed by atoms with Crippen LogP contribution in [0.4, 0.5) is 13.2 Å². The molecule has 0 atom stereocenters. The molecule has 0 aliphatic heterocycles. The molecule has 0 radical (unpaired) electrons. The lowest BCUT2D eigenvalue weighted by Gasteiger charge is -2.13. The average molecular weight is 302 g/mol. The fourth-order valence-corrected chi connectivity index (χ4v) is 1.62. The first-order valence-corrected chi connectivity index (χ1v) is 6.04. The van der Waals surface area contributed by atoms with Crippen molar-refractivity contribution in [2.24, 2.45) is 0 Å². The van der Waals surface area contributed by atoms with Crippen LogP contribution in [0.3, 0.4) is 0 Å². The van der Waals surface area contributed by atoms with Gasteiger partial charge in [0.25, 0.3) is 0 Å². The fraction of sp³-hybridized carbons (Fsp3) is 0.308. The Morgan fingerprint density at radius 1 is 1.24 bits per heavy atom. The Kier molecular flexibility index (Phi) is 4.69. The van der Waals surface area contributed by atoms with E-state index >= 15 is 0 Å². The van der Waals surface area contributed by atoms with Gasteiger partial charge in [-0.05, 0) is 19.2 Å². The number of hydrogen-bond donors (Lipinski definition) is 1. The van der Waals surface area contributed by atoms with Crippen LogP contribution in [-0.2, 0) is 13.2 Å². The second-order valence-electron chi connectivity index (χ2n) is 4.10. The monoisotopic (exact) mass is 302 g/mol. The number of benzene rings is 1. The molecule has 21 heavy (non-hydrogen) atoms. The van der Waals surface area contributed by atoms with Crippen molar-refractivity contribution in [2.75, 3.05) is 7.05 Å². The number of alkyl halides is 3. The summed E-state index contributed by atoms with van der Waals surface area (Å²) in [5.74, 6) is -0.0246. The van der Waals surface area contributed by atoms with E-state index in [2.05, 4.69) is 15.2 Å². The molecule has 114 valence electrons. The minimum atomic E-state index is -4.77. The van der Waals surface area contributed by atoms with E-state index in [-0.39, 0.29) is 12.4 Å². The molecule has 0 amide bonds. The normalized spacial score (nSPS) is 11.4. The zero-order chi connectivity index (χ0) is 15.3. The summed E-state index contributed by atoms with van der Waals surface area (Å²) in [7, 11) is 1.76. The lowest BCUT2D eigenvalue weighted by Crippen LogP contribution is -2.17. The van der Waals surface area contributed by atoms with E-state index in [4.69, 9.17) is 9.26 Å². The zero-order valence-corrected chi connectivity index (χ0v) is 11.1. The minimum Gasteiger partial charge on any atom is -0.482 e. The Morgan fingerprint density at radius 3 is 2.62 bits per heavy atom. The number of halogens is 3. The molecule has 8 heteroatoms. The highest BCUT2D eigenvalue weighted by Crippen LogP contribution is 2.32. The SMILES string of the molecule is CNCc1cc(COc2ccccc2OC(F)(F)F)on1. The van der Waals surface area contributed by atoms with E-state index in [0.717, 1.165) is 0 Å². The van der Waals surface area contributed by atoms with E-state index in [1.54, 1.807) is 19.2 Å². The van der Waals surface area contributed by atoms with Gasteiger partial charge in [0, 0.05) is 12.6 Å². The van der Waals surface area contributed by atoms with Gasteiger partial charge in [-0.15, -0.1) is 13.2 Å². The van der Waals surface area contributed by atoms with Gasteiger partial charge in [0.2, 0.25) is 0 Å². The van der Waals surface area contributed by atoms with Gasteiger partial charge in [0.05, 0.1) is 5.69 Å². The van der Waals surface area contributed by atoms with E-state index in [1.807, 2.05) is 0 Å². The molecule has 5 nitrogen and oxygen atoms in total. The number of nitrogens with one attached hydrogen (secondary N) is 1. The molecule has 0 aliphatic rings. The summed E-state index contributed by atoms with van der Waals surface area (Å²) in [5.41, 5.74) is 0.677. The number of hydrogen-bond acceptors (Lipinski definition) is 5. The predicted octanol–water partition coefficient (Wildman–Crippen LogP) is 2.87. The molecule has 0 saturated heterocycles. The maximum Gasteiger partial charge on any atom is 0.573 e. The first-order valence-electron chi connectivity index (χ1n) is 6.04. The third kappa shape index (κ3) is 4.67. The zero-order valence-electron chi connectivity index (χ0n) is 11.1. The first-order chi connectivity index (χ1) is 9.98. The highest BCUT2D eigenvalue weighted by atomic mass is 19.4. The second-order valence-corrected chi connectivity index (χ2v) is 4.10. The third-order valence-corrected chi connectivity index (χ3v) is 2.41. The number of rotatable bonds is 6. The molecular weight excluding hydrogens is 289 g/mol. The smallest absolute Gasteiger partial charge is 0.482 e. The molecular formula is C13H13F3N2O3. The van der Waals surface area contributed by atoms with Crippen LogP contribution < -0.4 is 14.8 Å². The van der Waals surface area contributed by atoms with Crippen LogP contribution in [0, 0.1) is 0 Å². The summed E-state index contributed by atoms with van der Waals surface area (Å²) in [4.78, 5) is 0. The Bertz CT molecular complexity index is 584. The topological polar surface area (TPSA) is 56.5 Å². The molecule has 0 spiro atoms. The third-order valence-electron chi connectivity index (χ3n) is 2.41. The molecule has 1 N–H and O–H groups in total. The van der Waals surface area contributed by atoms with Crippen molar-refractivity contribution in [1.29, 1.82) is 0 Å². The molecule has 2 rings (SSSR count). The molecule has 0 saturated carbocycles. The van der Waals surface area contributed by atoms with Crippen LogP contribution in [0.2, 0.25) is 0 Å². The van der Waals surface area contributed by atoms with Gasteiger partial charge in [-0.3, -0.25) is 0 Å². The summed E-state index contributed by atoms with van der Waals surface area (Å²) in [6, 6.07) is 7.18. The van der Waals surface area contributed by atoms with Crippen LogP contribution >= 0.6 is 0 Å². The summed E-state index contributed by atoms with van der Waals surface area (Å²) in [6.07, 6.45) is -4.77. The second kappa shape index (κ2) is 6.49. The largest absolute Gasteiger partial charge is 0.573 e. The maximum absolute atomic E-state index is 12.3. The van der Waals surface area contributed by atoms with Gasteiger partial charge in [0.15, 0.2) is 17.3 Å². The Hall–Kier alpha value is -2.22. The molecule has 1 heterocycles. The van der Waals surface area contributed by atoms with Crippen molar-refractivity contribution < 1.29 is 27.2 Å². The van der Waals surface area contributed by atoms with E-state index in [9.17, 15) is 13.2 Å². The highest BCUT2D eigenvalue weighted by molar-refractivity contribution is 5.39. The van der Waals surface area contributed by atoms with E-state index < -0.39 is 12.1 Å². The molecule has 0 fully saturated rings. The van der Waals surface area contributed by atoms with Crippen LogP contribution in [0.5, 0.6) is 11.5 Å². The Morgan fingerprint density at radius 2 is 1.95 bits per heavy atom. The lowest BCUT2D eigenvalue weighted by atomic mass is 10.3. The van der Waals surface area contributed by atoms with Gasteiger partial charge in [-0.25, -0.2) is 0 Å². The number of ether oxygens (including phenoxy) is 2. The maximum atomic E-state index is 12.3. The molecule has 1 aromatic carbocycles. The number of para-hydroxylation sites is 2. The van der Waals surface area contributed by atoms with Gasteiger partial charge in [-0.1, -0.05) is 17.3 Å². The molecule has 0 unspecified atom stereocenters. The van der Waals surface area contributed by atoms with Crippen LogP contribution in [-0.4, -0.2) is 18.6 Å². The Labute approximate surface area is 118 Å². The standard InChI is InChI=1S/C13H13F3N2O3/c1-17-7-9-6-10(21-18-9)8-19-11-4-2-3-5-12(11)20-13(14,15)16/h2-6,17H,7-8H2,1H3. The molecule has 1 aromatic heterocycles. The van der Waals surface area contributed by atoms with Gasteiger partial charge < -0.3 is 19.3 Å². The fourth-order valence-electron chi connectivity index (χ4n) is 1.62. The van der Waals surface area contributed by atoms with Crippen molar-refractivity contribution in [1.82, 2.24) is 10.5 Å². The van der Waals surface area contributed by atoms with Gasteiger partial charge in [-0.2, -0.15) is 0 Å². The summed E-state index contributed by atoms with van der Waals surface area (Å²) < 4.78 is 50.9. The van der Waals surface area contributed by atoms with E-state index in [0.29, 0.717) is 18.0 Å². The first kappa shape index (κ1) is 15.2. The average Bonchev–Trinajstić information content (AvgIpc) is 2.84. The highest BCUT2D eigenvalue weighted by Gasteiger charge is 2.32. The van der Waals surface area contributed by atoms with E-state index in [1.165, 1.54) is 18.2 Å².